The number of anilines is 2. The molecule has 3 aromatic rings. The van der Waals surface area contributed by atoms with Crippen LogP contribution in [0.1, 0.15) is 21.5 Å². The molecule has 0 aliphatic carbocycles. The molecule has 0 saturated heterocycles. The zero-order valence-electron chi connectivity index (χ0n) is 13.3. The Hall–Kier alpha value is -3.72. The van der Waals surface area contributed by atoms with Crippen LogP contribution in [0.25, 0.3) is 0 Å². The molecular formula is C19H15N5O. The summed E-state index contributed by atoms with van der Waals surface area (Å²) >= 11 is 0. The molecule has 0 radical (unpaired) electrons. The first-order chi connectivity index (χ1) is 12.2. The van der Waals surface area contributed by atoms with Crippen molar-refractivity contribution in [2.24, 2.45) is 0 Å². The topological polar surface area (TPSA) is 90.7 Å². The van der Waals surface area contributed by atoms with E-state index >= 15 is 0 Å². The summed E-state index contributed by atoms with van der Waals surface area (Å²) in [5, 5.41) is 14.8. The normalized spacial score (nSPS) is 9.88. The molecule has 0 aliphatic heterocycles. The highest BCUT2D eigenvalue weighted by Crippen LogP contribution is 2.17. The minimum absolute atomic E-state index is 0.208. The largest absolute Gasteiger partial charge is 0.354 e. The van der Waals surface area contributed by atoms with Gasteiger partial charge in [-0.25, -0.2) is 0 Å². The Morgan fingerprint density at radius 2 is 1.88 bits per heavy atom. The summed E-state index contributed by atoms with van der Waals surface area (Å²) in [7, 11) is 0. The molecule has 2 heterocycles. The summed E-state index contributed by atoms with van der Waals surface area (Å²) in [5.74, 6) is -0.208. The molecule has 0 saturated carbocycles. The van der Waals surface area contributed by atoms with Gasteiger partial charge in [0.05, 0.1) is 29.1 Å². The van der Waals surface area contributed by atoms with Gasteiger partial charge in [0.2, 0.25) is 0 Å². The smallest absolute Gasteiger partial charge is 0.253 e. The number of benzene rings is 1. The summed E-state index contributed by atoms with van der Waals surface area (Å²) in [6.45, 7) is 0.403. The third-order valence-corrected chi connectivity index (χ3v) is 3.48. The van der Waals surface area contributed by atoms with E-state index in [9.17, 15) is 4.79 Å². The predicted molar refractivity (Wildman–Crippen MR) is 94.1 cm³/mol. The molecule has 0 aliphatic rings. The van der Waals surface area contributed by atoms with E-state index in [4.69, 9.17) is 5.26 Å². The van der Waals surface area contributed by atoms with Crippen LogP contribution in [-0.2, 0) is 6.54 Å². The lowest BCUT2D eigenvalue weighted by Crippen LogP contribution is -2.23. The van der Waals surface area contributed by atoms with Crippen LogP contribution in [0.3, 0.4) is 0 Å². The van der Waals surface area contributed by atoms with Crippen LogP contribution in [0.15, 0.2) is 67.3 Å². The number of aromatic nitrogens is 2. The maximum absolute atomic E-state index is 12.3. The van der Waals surface area contributed by atoms with E-state index in [1.165, 1.54) is 6.20 Å². The van der Waals surface area contributed by atoms with Gasteiger partial charge in [-0.15, -0.1) is 0 Å². The van der Waals surface area contributed by atoms with Crippen LogP contribution in [0.2, 0.25) is 0 Å². The summed E-state index contributed by atoms with van der Waals surface area (Å²) < 4.78 is 0. The molecular weight excluding hydrogens is 314 g/mol. The van der Waals surface area contributed by atoms with Crippen LogP contribution in [-0.4, -0.2) is 15.9 Å². The zero-order valence-corrected chi connectivity index (χ0v) is 13.3. The number of carbonyl (C=O) groups excluding carboxylic acids is 1. The van der Waals surface area contributed by atoms with Gasteiger partial charge in [0, 0.05) is 30.8 Å². The Labute approximate surface area is 145 Å². The number of nitrogens with one attached hydrogen (secondary N) is 2. The molecule has 0 unspecified atom stereocenters. The first-order valence-corrected chi connectivity index (χ1v) is 7.64. The van der Waals surface area contributed by atoms with E-state index in [1.54, 1.807) is 48.9 Å². The maximum Gasteiger partial charge on any atom is 0.253 e. The molecule has 0 atom stereocenters. The number of nitriles is 1. The van der Waals surface area contributed by atoms with Crippen LogP contribution in [0.4, 0.5) is 11.4 Å². The highest BCUT2D eigenvalue weighted by atomic mass is 16.1. The Kier molecular flexibility index (Phi) is 4.98. The molecule has 2 N–H and O–H groups in total. The minimum Gasteiger partial charge on any atom is -0.354 e. The number of hydrogen-bond donors (Lipinski definition) is 2. The molecule has 0 bridgehead atoms. The maximum atomic E-state index is 12.3. The van der Waals surface area contributed by atoms with Crippen LogP contribution in [0.5, 0.6) is 0 Å². The molecule has 122 valence electrons. The molecule has 2 aromatic heterocycles. The monoisotopic (exact) mass is 329 g/mol. The number of rotatable bonds is 5. The summed E-state index contributed by atoms with van der Waals surface area (Å²) in [5.41, 5.74) is 3.48. The van der Waals surface area contributed by atoms with E-state index in [2.05, 4.69) is 26.7 Å². The fraction of sp³-hybridized carbons (Fsp3) is 0.0526. The van der Waals surface area contributed by atoms with Crippen molar-refractivity contribution in [3.05, 3.63) is 83.9 Å². The number of nitrogens with zero attached hydrogens (tertiary/aromatic N) is 3. The summed E-state index contributed by atoms with van der Waals surface area (Å²) in [6, 6.07) is 14.6. The van der Waals surface area contributed by atoms with Gasteiger partial charge in [-0.3, -0.25) is 14.8 Å². The average Bonchev–Trinajstić information content (AvgIpc) is 2.68. The number of pyridine rings is 2. The van der Waals surface area contributed by atoms with Gasteiger partial charge in [-0.1, -0.05) is 6.07 Å². The lowest BCUT2D eigenvalue weighted by molar-refractivity contribution is 0.0950. The first-order valence-electron chi connectivity index (χ1n) is 7.64. The molecule has 1 amide bonds. The van der Waals surface area contributed by atoms with E-state index < -0.39 is 0 Å². The van der Waals surface area contributed by atoms with Crippen molar-refractivity contribution in [1.82, 2.24) is 15.3 Å². The molecule has 0 spiro atoms. The molecule has 0 fully saturated rings. The van der Waals surface area contributed by atoms with E-state index in [-0.39, 0.29) is 5.91 Å². The molecule has 25 heavy (non-hydrogen) atoms. The molecule has 6 nitrogen and oxygen atoms in total. The Morgan fingerprint density at radius 1 is 1.04 bits per heavy atom. The second-order valence-corrected chi connectivity index (χ2v) is 5.32. The number of hydrogen-bond acceptors (Lipinski definition) is 5. The third-order valence-electron chi connectivity index (χ3n) is 3.48. The fourth-order valence-electron chi connectivity index (χ4n) is 2.21. The van der Waals surface area contributed by atoms with Crippen LogP contribution >= 0.6 is 0 Å². The fourth-order valence-corrected chi connectivity index (χ4v) is 2.21. The van der Waals surface area contributed by atoms with Crippen molar-refractivity contribution in [2.75, 3.05) is 5.32 Å². The number of amides is 1. The second kappa shape index (κ2) is 7.70. The van der Waals surface area contributed by atoms with Gasteiger partial charge in [0.25, 0.3) is 5.91 Å². The standard InChI is InChI=1S/C19H15N5O/c20-9-14-3-5-17(6-4-14)24-18-8-16(12-22-13-18)19(25)23-11-15-2-1-7-21-10-15/h1-8,10,12-13,24H,11H2,(H,23,25). The molecule has 3 rings (SSSR count). The average molecular weight is 329 g/mol. The lowest BCUT2D eigenvalue weighted by Gasteiger charge is -2.09. The Bertz CT molecular complexity index is 901. The third kappa shape index (κ3) is 4.39. The van der Waals surface area contributed by atoms with Crippen molar-refractivity contribution in [3.8, 4) is 6.07 Å². The Balaban J connectivity index is 1.66. The van der Waals surface area contributed by atoms with Crippen LogP contribution in [0, 0.1) is 11.3 Å². The van der Waals surface area contributed by atoms with Crippen molar-refractivity contribution < 1.29 is 4.79 Å². The molecule has 1 aromatic carbocycles. The summed E-state index contributed by atoms with van der Waals surface area (Å²) in [4.78, 5) is 20.4. The minimum atomic E-state index is -0.208. The highest BCUT2D eigenvalue weighted by Gasteiger charge is 2.07. The lowest BCUT2D eigenvalue weighted by atomic mass is 10.2. The van der Waals surface area contributed by atoms with E-state index in [0.29, 0.717) is 23.4 Å². The van der Waals surface area contributed by atoms with Gasteiger partial charge in [-0.2, -0.15) is 5.26 Å². The SMILES string of the molecule is N#Cc1ccc(Nc2cncc(C(=O)NCc3cccnc3)c2)cc1. The second-order valence-electron chi connectivity index (χ2n) is 5.32. The van der Waals surface area contributed by atoms with Gasteiger partial charge in [-0.05, 0) is 42.0 Å². The van der Waals surface area contributed by atoms with Crippen LogP contribution < -0.4 is 10.6 Å². The quantitative estimate of drug-likeness (QED) is 0.751. The van der Waals surface area contributed by atoms with E-state index in [1.807, 2.05) is 12.1 Å². The van der Waals surface area contributed by atoms with Gasteiger partial charge in [0.15, 0.2) is 0 Å². The predicted octanol–water partition coefficient (Wildman–Crippen LogP) is 3.02. The van der Waals surface area contributed by atoms with Crippen molar-refractivity contribution in [1.29, 1.82) is 5.26 Å². The Morgan fingerprint density at radius 3 is 2.60 bits per heavy atom. The van der Waals surface area contributed by atoms with Crippen molar-refractivity contribution in [3.63, 3.8) is 0 Å². The zero-order chi connectivity index (χ0) is 17.5. The molecule has 6 heteroatoms. The van der Waals surface area contributed by atoms with Gasteiger partial charge < -0.3 is 10.6 Å². The number of carbonyl (C=O) groups is 1. The van der Waals surface area contributed by atoms with Crippen molar-refractivity contribution in [2.45, 2.75) is 6.54 Å². The summed E-state index contributed by atoms with van der Waals surface area (Å²) in [6.07, 6.45) is 6.55. The van der Waals surface area contributed by atoms with Gasteiger partial charge in [0.1, 0.15) is 0 Å². The first kappa shape index (κ1) is 16.1. The van der Waals surface area contributed by atoms with Gasteiger partial charge >= 0.3 is 0 Å². The highest BCUT2D eigenvalue weighted by molar-refractivity contribution is 5.94. The van der Waals surface area contributed by atoms with Crippen molar-refractivity contribution >= 4 is 17.3 Å². The van der Waals surface area contributed by atoms with E-state index in [0.717, 1.165) is 11.3 Å².